The highest BCUT2D eigenvalue weighted by Crippen LogP contribution is 2.29. The number of nitrogens with one attached hydrogen (secondary N) is 1. The zero-order chi connectivity index (χ0) is 18.0. The molecule has 25 heavy (non-hydrogen) atoms. The van der Waals surface area contributed by atoms with Crippen molar-refractivity contribution in [2.45, 2.75) is 4.90 Å². The molecule has 0 spiro atoms. The molecule has 1 amide bonds. The Hall–Kier alpha value is -3.24. The van der Waals surface area contributed by atoms with E-state index in [2.05, 4.69) is 5.32 Å². The number of carbonyl (C=O) groups excluding carboxylic acids is 1. The predicted molar refractivity (Wildman–Crippen MR) is 91.3 cm³/mol. The molecule has 0 saturated carbocycles. The molecular formula is C18H11FN2O3S. The summed E-state index contributed by atoms with van der Waals surface area (Å²) in [6.07, 6.45) is 2.80. The van der Waals surface area contributed by atoms with Crippen molar-refractivity contribution in [1.82, 2.24) is 0 Å². The van der Waals surface area contributed by atoms with Gasteiger partial charge in [-0.3, -0.25) is 4.79 Å². The van der Waals surface area contributed by atoms with E-state index < -0.39 is 21.6 Å². The molecule has 1 aliphatic heterocycles. The summed E-state index contributed by atoms with van der Waals surface area (Å²) >= 11 is 0. The minimum absolute atomic E-state index is 0.103. The Balaban J connectivity index is 1.84. The van der Waals surface area contributed by atoms with Crippen LogP contribution in [-0.2, 0) is 14.6 Å². The Morgan fingerprint density at radius 3 is 2.56 bits per heavy atom. The topological polar surface area (TPSA) is 87.0 Å². The fourth-order valence-electron chi connectivity index (χ4n) is 2.31. The highest BCUT2D eigenvalue weighted by Gasteiger charge is 2.21. The molecule has 1 aliphatic rings. The molecule has 0 radical (unpaired) electrons. The van der Waals surface area contributed by atoms with E-state index in [0.29, 0.717) is 11.1 Å². The van der Waals surface area contributed by atoms with Crippen molar-refractivity contribution in [3.63, 3.8) is 0 Å². The summed E-state index contributed by atoms with van der Waals surface area (Å²) in [4.78, 5) is 12.3. The number of carbonyl (C=O) groups is 1. The van der Waals surface area contributed by atoms with Crippen LogP contribution < -0.4 is 5.32 Å². The molecule has 1 heterocycles. The third-order valence-corrected chi connectivity index (χ3v) is 5.01. The molecule has 0 aliphatic carbocycles. The minimum Gasteiger partial charge on any atom is -0.321 e. The molecule has 2 aromatic rings. The van der Waals surface area contributed by atoms with E-state index in [0.717, 1.165) is 5.41 Å². The number of halogens is 1. The van der Waals surface area contributed by atoms with Gasteiger partial charge in [-0.05, 0) is 47.5 Å². The maximum Gasteiger partial charge on any atom is 0.266 e. The lowest BCUT2D eigenvalue weighted by atomic mass is 10.1. The number of hydrogen-bond acceptors (Lipinski definition) is 4. The lowest BCUT2D eigenvalue weighted by Gasteiger charge is -2.06. The lowest BCUT2D eigenvalue weighted by molar-refractivity contribution is -0.112. The van der Waals surface area contributed by atoms with E-state index in [4.69, 9.17) is 5.26 Å². The van der Waals surface area contributed by atoms with Crippen LogP contribution in [0.15, 0.2) is 58.3 Å². The third-order valence-electron chi connectivity index (χ3n) is 3.55. The van der Waals surface area contributed by atoms with Crippen molar-refractivity contribution in [3.8, 4) is 6.07 Å². The number of benzene rings is 2. The van der Waals surface area contributed by atoms with E-state index >= 15 is 0 Å². The number of sulfone groups is 1. The highest BCUT2D eigenvalue weighted by atomic mass is 32.2. The summed E-state index contributed by atoms with van der Waals surface area (Å²) in [6, 6.07) is 11.6. The Labute approximate surface area is 143 Å². The average molecular weight is 354 g/mol. The molecule has 124 valence electrons. The maximum atomic E-state index is 12.9. The highest BCUT2D eigenvalue weighted by molar-refractivity contribution is 7.94. The van der Waals surface area contributed by atoms with E-state index in [1.807, 2.05) is 0 Å². The fourth-order valence-corrected chi connectivity index (χ4v) is 3.53. The van der Waals surface area contributed by atoms with Crippen LogP contribution in [0.3, 0.4) is 0 Å². The van der Waals surface area contributed by atoms with Crippen LogP contribution in [0, 0.1) is 17.1 Å². The Morgan fingerprint density at radius 2 is 1.88 bits per heavy atom. The Morgan fingerprint density at radius 1 is 1.16 bits per heavy atom. The molecule has 5 nitrogen and oxygen atoms in total. The Bertz CT molecular complexity index is 1060. The van der Waals surface area contributed by atoms with E-state index in [-0.39, 0.29) is 16.2 Å². The molecule has 1 N–H and O–H groups in total. The third kappa shape index (κ3) is 3.49. The molecule has 7 heteroatoms. The van der Waals surface area contributed by atoms with Crippen LogP contribution in [0.4, 0.5) is 10.1 Å². The predicted octanol–water partition coefficient (Wildman–Crippen LogP) is 3.13. The first-order valence-corrected chi connectivity index (χ1v) is 8.69. The Kier molecular flexibility index (Phi) is 4.21. The number of rotatable bonds is 3. The second-order valence-corrected chi connectivity index (χ2v) is 7.08. The van der Waals surface area contributed by atoms with Gasteiger partial charge in [-0.2, -0.15) is 5.26 Å². The standard InChI is InChI=1S/C18H11FN2O3S/c19-15-4-1-12(2-5-15)9-14(11-20)18(22)21-16-6-3-13-7-8-25(23,24)17(13)10-16/h1-10H,(H,21,22)/b14-9+. The first-order chi connectivity index (χ1) is 11.9. The second-order valence-electron chi connectivity index (χ2n) is 5.28. The molecule has 2 aromatic carbocycles. The molecule has 0 atom stereocenters. The molecule has 3 rings (SSSR count). The summed E-state index contributed by atoms with van der Waals surface area (Å²) < 4.78 is 36.6. The van der Waals surface area contributed by atoms with Gasteiger partial charge in [0.15, 0.2) is 0 Å². The van der Waals surface area contributed by atoms with Crippen molar-refractivity contribution in [2.24, 2.45) is 0 Å². The molecule has 0 unspecified atom stereocenters. The fraction of sp³-hybridized carbons (Fsp3) is 0. The number of nitrogens with zero attached hydrogens (tertiary/aromatic N) is 1. The van der Waals surface area contributed by atoms with Crippen molar-refractivity contribution in [3.05, 3.63) is 70.4 Å². The number of nitriles is 1. The first-order valence-electron chi connectivity index (χ1n) is 7.15. The summed E-state index contributed by atoms with van der Waals surface area (Å²) in [6.45, 7) is 0. The molecule has 0 saturated heterocycles. The average Bonchev–Trinajstić information content (AvgIpc) is 2.89. The van der Waals surface area contributed by atoms with Gasteiger partial charge in [0.1, 0.15) is 17.5 Å². The largest absolute Gasteiger partial charge is 0.321 e. The summed E-state index contributed by atoms with van der Waals surface area (Å²) in [5.74, 6) is -1.11. The SMILES string of the molecule is N#C/C(=C\c1ccc(F)cc1)C(=O)Nc1ccc2c(c1)S(=O)(=O)C=C2. The molecule has 0 fully saturated rings. The molecule has 0 bridgehead atoms. The molecule has 0 aromatic heterocycles. The number of amides is 1. The van der Waals surface area contributed by atoms with Crippen molar-refractivity contribution >= 4 is 33.6 Å². The lowest BCUT2D eigenvalue weighted by Crippen LogP contribution is -2.13. The maximum absolute atomic E-state index is 12.9. The van der Waals surface area contributed by atoms with E-state index in [1.54, 1.807) is 18.2 Å². The van der Waals surface area contributed by atoms with Crippen molar-refractivity contribution < 1.29 is 17.6 Å². The monoisotopic (exact) mass is 354 g/mol. The van der Waals surface area contributed by atoms with Gasteiger partial charge in [-0.15, -0.1) is 0 Å². The zero-order valence-corrected chi connectivity index (χ0v) is 13.5. The van der Waals surface area contributed by atoms with Gasteiger partial charge in [0.05, 0.1) is 4.90 Å². The number of anilines is 1. The smallest absolute Gasteiger partial charge is 0.266 e. The van der Waals surface area contributed by atoms with Crippen LogP contribution in [0.2, 0.25) is 0 Å². The molecular weight excluding hydrogens is 343 g/mol. The van der Waals surface area contributed by atoms with Crippen LogP contribution in [0.5, 0.6) is 0 Å². The van der Waals surface area contributed by atoms with Gasteiger partial charge in [0.2, 0.25) is 9.84 Å². The van der Waals surface area contributed by atoms with Gasteiger partial charge in [-0.25, -0.2) is 12.8 Å². The number of hydrogen-bond donors (Lipinski definition) is 1. The van der Waals surface area contributed by atoms with Crippen LogP contribution in [0.25, 0.3) is 12.2 Å². The van der Waals surface area contributed by atoms with E-state index in [9.17, 15) is 17.6 Å². The van der Waals surface area contributed by atoms with Crippen molar-refractivity contribution in [1.29, 1.82) is 5.26 Å². The summed E-state index contributed by atoms with van der Waals surface area (Å²) in [5.41, 5.74) is 1.11. The van der Waals surface area contributed by atoms with Crippen LogP contribution in [0.1, 0.15) is 11.1 Å². The normalized spacial score (nSPS) is 14.6. The second kappa shape index (κ2) is 6.34. The first kappa shape index (κ1) is 16.6. The van der Waals surface area contributed by atoms with Gasteiger partial charge in [0.25, 0.3) is 5.91 Å². The summed E-state index contributed by atoms with van der Waals surface area (Å²) in [7, 11) is -3.49. The van der Waals surface area contributed by atoms with Gasteiger partial charge < -0.3 is 5.32 Å². The van der Waals surface area contributed by atoms with Crippen LogP contribution in [-0.4, -0.2) is 14.3 Å². The van der Waals surface area contributed by atoms with E-state index in [1.165, 1.54) is 42.5 Å². The minimum atomic E-state index is -3.49. The zero-order valence-electron chi connectivity index (χ0n) is 12.7. The van der Waals surface area contributed by atoms with Gasteiger partial charge >= 0.3 is 0 Å². The van der Waals surface area contributed by atoms with Gasteiger partial charge in [0, 0.05) is 11.1 Å². The number of fused-ring (bicyclic) bond motifs is 1. The van der Waals surface area contributed by atoms with Crippen LogP contribution >= 0.6 is 0 Å². The van der Waals surface area contributed by atoms with Crippen molar-refractivity contribution in [2.75, 3.05) is 5.32 Å². The quantitative estimate of drug-likeness (QED) is 0.678. The summed E-state index contributed by atoms with van der Waals surface area (Å²) in [5, 5.41) is 12.8. The van der Waals surface area contributed by atoms with Gasteiger partial charge in [-0.1, -0.05) is 18.2 Å².